The van der Waals surface area contributed by atoms with Gasteiger partial charge in [-0.3, -0.25) is 4.79 Å². The summed E-state index contributed by atoms with van der Waals surface area (Å²) < 4.78 is 0.468. The van der Waals surface area contributed by atoms with Gasteiger partial charge >= 0.3 is 5.97 Å². The van der Waals surface area contributed by atoms with Gasteiger partial charge in [-0.15, -0.1) is 0 Å². The molecule has 0 radical (unpaired) electrons. The molecule has 0 bridgehead atoms. The van der Waals surface area contributed by atoms with E-state index in [4.69, 9.17) is 17.3 Å². The lowest BCUT2D eigenvalue weighted by molar-refractivity contribution is -0.163. The average molecular weight is 374 g/mol. The van der Waals surface area contributed by atoms with Gasteiger partial charge in [0.05, 0.1) is 24.7 Å². The zero-order chi connectivity index (χ0) is 18.2. The maximum Gasteiger partial charge on any atom is 0.353 e. The summed E-state index contributed by atoms with van der Waals surface area (Å²) in [6, 6.07) is -0.346. The number of carboxylic acid groups (broad SMARTS) is 1. The van der Waals surface area contributed by atoms with E-state index in [9.17, 15) is 19.8 Å². The summed E-state index contributed by atoms with van der Waals surface area (Å²) in [4.78, 5) is 27.5. The van der Waals surface area contributed by atoms with E-state index in [1.54, 1.807) is 11.8 Å². The summed E-state index contributed by atoms with van der Waals surface area (Å²) >= 11 is 6.53. The summed E-state index contributed by atoms with van der Waals surface area (Å²) in [5, 5.41) is 28.5. The molecule has 4 atom stereocenters. The summed E-state index contributed by atoms with van der Waals surface area (Å²) in [5.41, 5.74) is -0.0400. The van der Waals surface area contributed by atoms with Crippen LogP contribution in [0.2, 0.25) is 0 Å². The van der Waals surface area contributed by atoms with E-state index in [0.717, 1.165) is 11.8 Å². The Hall–Kier alpha value is -1.16. The van der Waals surface area contributed by atoms with Crippen molar-refractivity contribution < 1.29 is 24.9 Å². The Labute approximate surface area is 150 Å². The molecular weight excluding hydrogens is 352 g/mol. The highest BCUT2D eigenvalue weighted by Gasteiger charge is 2.60. The van der Waals surface area contributed by atoms with Crippen molar-refractivity contribution in [2.45, 2.75) is 32.9 Å². The summed E-state index contributed by atoms with van der Waals surface area (Å²) in [6.07, 6.45) is -0.825. The highest BCUT2D eigenvalue weighted by Crippen LogP contribution is 2.50. The van der Waals surface area contributed by atoms with Crippen LogP contribution in [-0.4, -0.2) is 73.2 Å². The van der Waals surface area contributed by atoms with E-state index >= 15 is 0 Å². The van der Waals surface area contributed by atoms with Gasteiger partial charge in [0.15, 0.2) is 0 Å². The van der Waals surface area contributed by atoms with Crippen molar-refractivity contribution in [1.82, 2.24) is 9.80 Å². The molecule has 0 unspecified atom stereocenters. The number of aliphatic carboxylic acids is 1. The third-order valence-corrected chi connectivity index (χ3v) is 6.24. The number of carbonyl (C=O) groups is 2. The van der Waals surface area contributed by atoms with Crippen molar-refractivity contribution in [1.29, 1.82) is 0 Å². The first kappa shape index (κ1) is 19.2. The predicted octanol–water partition coefficient (Wildman–Crippen LogP) is 0.472. The lowest BCUT2D eigenvalue weighted by atomic mass is 9.79. The quantitative estimate of drug-likeness (QED) is 0.456. The molecule has 2 rings (SSSR count). The number of hydrogen-bond acceptors (Lipinski definition) is 6. The number of hydrogen-bond donors (Lipinski definition) is 3. The number of likely N-dealkylation sites (N-methyl/N-ethyl adjacent to an activating group) is 1. The van der Waals surface area contributed by atoms with Gasteiger partial charge in [0.25, 0.3) is 0 Å². The zero-order valence-electron chi connectivity index (χ0n) is 13.8. The van der Waals surface area contributed by atoms with Crippen LogP contribution in [0.1, 0.15) is 20.8 Å². The highest BCUT2D eigenvalue weighted by molar-refractivity contribution is 8.25. The molecular formula is C15H22N2O5S2. The number of thiocarbonyl (C=S) groups is 1. The Balaban J connectivity index is 2.29. The Kier molecular flexibility index (Phi) is 5.90. The molecule has 1 amide bonds. The first-order chi connectivity index (χ1) is 11.3. The lowest BCUT2D eigenvalue weighted by Gasteiger charge is -2.46. The van der Waals surface area contributed by atoms with Gasteiger partial charge < -0.3 is 25.1 Å². The topological polar surface area (TPSA) is 101 Å². The maximum absolute atomic E-state index is 12.3. The van der Waals surface area contributed by atoms with E-state index in [1.165, 1.54) is 4.90 Å². The minimum atomic E-state index is -1.17. The van der Waals surface area contributed by atoms with Crippen LogP contribution >= 0.6 is 24.0 Å². The monoisotopic (exact) mass is 374 g/mol. The SMILES string of the molecule is CCN(CCO)C(=S)SC1=C(C(=O)O)N2C(=O)[C@H]([C@@H](C)O)[C@H]2[C@H]1C. The molecule has 0 aromatic rings. The van der Waals surface area contributed by atoms with E-state index in [1.807, 2.05) is 13.8 Å². The van der Waals surface area contributed by atoms with Crippen LogP contribution in [-0.2, 0) is 9.59 Å². The molecule has 0 aromatic heterocycles. The fraction of sp³-hybridized carbons (Fsp3) is 0.667. The van der Waals surface area contributed by atoms with Crippen LogP contribution in [0.5, 0.6) is 0 Å². The molecule has 0 aliphatic carbocycles. The fourth-order valence-corrected chi connectivity index (χ4v) is 4.95. The third-order valence-electron chi connectivity index (χ3n) is 4.52. The summed E-state index contributed by atoms with van der Waals surface area (Å²) in [6.45, 7) is 6.21. The Bertz CT molecular complexity index is 592. The number of nitrogens with zero attached hydrogens (tertiary/aromatic N) is 2. The van der Waals surface area contributed by atoms with Crippen LogP contribution < -0.4 is 0 Å². The molecule has 1 fully saturated rings. The summed E-state index contributed by atoms with van der Waals surface area (Å²) in [5.74, 6) is -2.33. The molecule has 3 N–H and O–H groups in total. The molecule has 0 aromatic carbocycles. The van der Waals surface area contributed by atoms with Crippen molar-refractivity contribution in [2.24, 2.45) is 11.8 Å². The first-order valence-corrected chi connectivity index (χ1v) is 9.04. The number of aliphatic hydroxyl groups excluding tert-OH is 2. The highest BCUT2D eigenvalue weighted by atomic mass is 32.2. The molecule has 0 saturated carbocycles. The van der Waals surface area contributed by atoms with Gasteiger partial charge in [0.2, 0.25) is 5.91 Å². The smallest absolute Gasteiger partial charge is 0.353 e. The number of amides is 1. The second-order valence-electron chi connectivity index (χ2n) is 5.94. The van der Waals surface area contributed by atoms with Crippen molar-refractivity contribution in [3.05, 3.63) is 10.6 Å². The van der Waals surface area contributed by atoms with Gasteiger partial charge in [-0.25, -0.2) is 4.79 Å². The molecule has 2 aliphatic heterocycles. The van der Waals surface area contributed by atoms with Crippen molar-refractivity contribution in [3.8, 4) is 0 Å². The Morgan fingerprint density at radius 3 is 2.58 bits per heavy atom. The number of thioether (sulfide) groups is 1. The predicted molar refractivity (Wildman–Crippen MR) is 94.2 cm³/mol. The molecule has 9 heteroatoms. The molecule has 134 valence electrons. The number of rotatable bonds is 6. The van der Waals surface area contributed by atoms with Crippen LogP contribution in [0, 0.1) is 11.8 Å². The summed E-state index contributed by atoms with van der Waals surface area (Å²) in [7, 11) is 0. The van der Waals surface area contributed by atoms with Gasteiger partial charge in [0, 0.05) is 23.9 Å². The number of carboxylic acids is 1. The van der Waals surface area contributed by atoms with E-state index in [2.05, 4.69) is 0 Å². The minimum absolute atomic E-state index is 0.0400. The maximum atomic E-state index is 12.3. The number of aliphatic hydroxyl groups is 2. The zero-order valence-corrected chi connectivity index (χ0v) is 15.4. The molecule has 1 saturated heterocycles. The molecule has 0 spiro atoms. The second kappa shape index (κ2) is 7.38. The van der Waals surface area contributed by atoms with E-state index in [-0.39, 0.29) is 30.2 Å². The van der Waals surface area contributed by atoms with Crippen LogP contribution in [0.25, 0.3) is 0 Å². The van der Waals surface area contributed by atoms with Gasteiger partial charge in [-0.05, 0) is 13.8 Å². The van der Waals surface area contributed by atoms with Crippen LogP contribution in [0.3, 0.4) is 0 Å². The standard InChI is InChI=1S/C15H22N2O5S2/c1-4-16(5-6-18)15(23)24-12-7(2)10-9(8(3)19)13(20)17(10)11(12)14(21)22/h7-10,18-19H,4-6H2,1-3H3,(H,21,22)/t7-,8-,9-,10-/m1/s1. The molecule has 7 nitrogen and oxygen atoms in total. The number of fused-ring (bicyclic) bond motifs is 1. The second-order valence-corrected chi connectivity index (χ2v) is 7.62. The van der Waals surface area contributed by atoms with Crippen molar-refractivity contribution in [3.63, 3.8) is 0 Å². The Morgan fingerprint density at radius 2 is 2.12 bits per heavy atom. The minimum Gasteiger partial charge on any atom is -0.477 e. The third kappa shape index (κ3) is 3.05. The van der Waals surface area contributed by atoms with Gasteiger partial charge in [-0.1, -0.05) is 30.9 Å². The molecule has 2 aliphatic rings. The van der Waals surface area contributed by atoms with Gasteiger partial charge in [-0.2, -0.15) is 0 Å². The van der Waals surface area contributed by atoms with Gasteiger partial charge in [0.1, 0.15) is 10.0 Å². The van der Waals surface area contributed by atoms with Crippen LogP contribution in [0.15, 0.2) is 10.6 Å². The first-order valence-electron chi connectivity index (χ1n) is 7.82. The fourth-order valence-electron chi connectivity index (χ4n) is 3.31. The van der Waals surface area contributed by atoms with E-state index < -0.39 is 18.0 Å². The normalized spacial score (nSPS) is 27.0. The van der Waals surface area contributed by atoms with Crippen LogP contribution in [0.4, 0.5) is 0 Å². The van der Waals surface area contributed by atoms with Crippen molar-refractivity contribution >= 4 is 40.2 Å². The lowest BCUT2D eigenvalue weighted by Crippen LogP contribution is -2.63. The number of carbonyl (C=O) groups excluding carboxylic acids is 1. The molecule has 2 heterocycles. The average Bonchev–Trinajstić information content (AvgIpc) is 2.74. The largest absolute Gasteiger partial charge is 0.477 e. The Morgan fingerprint density at radius 1 is 1.50 bits per heavy atom. The van der Waals surface area contributed by atoms with Crippen molar-refractivity contribution in [2.75, 3.05) is 19.7 Å². The number of β-lactam (4-membered cyclic amide) rings is 1. The van der Waals surface area contributed by atoms with E-state index in [0.29, 0.717) is 22.3 Å². The molecule has 24 heavy (non-hydrogen) atoms.